The molecule has 36 heavy (non-hydrogen) atoms. The van der Waals surface area contributed by atoms with E-state index in [-0.39, 0.29) is 41.3 Å². The zero-order chi connectivity index (χ0) is 25.4. The average Bonchev–Trinajstić information content (AvgIpc) is 3.10. The molecule has 4 heterocycles. The number of benzene rings is 1. The zero-order valence-electron chi connectivity index (χ0n) is 20.2. The molecule has 186 valence electrons. The Morgan fingerprint density at radius 1 is 1.11 bits per heavy atom. The van der Waals surface area contributed by atoms with Gasteiger partial charge in [0.15, 0.2) is 11.3 Å². The second-order valence-corrected chi connectivity index (χ2v) is 10.0. The van der Waals surface area contributed by atoms with Crippen LogP contribution >= 0.6 is 0 Å². The highest BCUT2D eigenvalue weighted by molar-refractivity contribution is 5.89. The fraction of sp³-hybridized carbons (Fsp3) is 0.440. The standard InChI is InChI=1S/C25H26FN7O3/c1-25(2,3)36-24(34)33-15-5-6-16(33)10-17(9-15)35-23-21-20(28-13-31-23)22(30-12-29-21)32-19-7-4-14(11-27)8-18(19)26/h4,7-8,12-13,15-17H,5-6,9-10H2,1-3H3,(H,29,30,32)/t15-,16+,17?. The van der Waals surface area contributed by atoms with Crippen LogP contribution in [0.25, 0.3) is 11.0 Å². The molecule has 0 aliphatic carbocycles. The monoisotopic (exact) mass is 491 g/mol. The summed E-state index contributed by atoms with van der Waals surface area (Å²) < 4.78 is 26.3. The van der Waals surface area contributed by atoms with E-state index in [4.69, 9.17) is 14.7 Å². The van der Waals surface area contributed by atoms with Crippen LogP contribution in [0.4, 0.5) is 20.7 Å². The van der Waals surface area contributed by atoms with Gasteiger partial charge in [-0.2, -0.15) is 10.2 Å². The van der Waals surface area contributed by atoms with Gasteiger partial charge in [0.25, 0.3) is 0 Å². The summed E-state index contributed by atoms with van der Waals surface area (Å²) >= 11 is 0. The van der Waals surface area contributed by atoms with Gasteiger partial charge >= 0.3 is 6.09 Å². The molecule has 11 heteroatoms. The number of rotatable bonds is 4. The molecule has 1 N–H and O–H groups in total. The van der Waals surface area contributed by atoms with Crippen molar-refractivity contribution in [3.63, 3.8) is 0 Å². The third-order valence-corrected chi connectivity index (χ3v) is 6.31. The minimum atomic E-state index is -0.585. The Balaban J connectivity index is 1.34. The van der Waals surface area contributed by atoms with Crippen molar-refractivity contribution in [3.8, 4) is 11.9 Å². The molecule has 3 atom stereocenters. The molecule has 2 aliphatic heterocycles. The predicted octanol–water partition coefficient (Wildman–Crippen LogP) is 4.48. The van der Waals surface area contributed by atoms with E-state index in [1.54, 1.807) is 0 Å². The number of hydrogen-bond acceptors (Lipinski definition) is 9. The van der Waals surface area contributed by atoms with Crippen molar-refractivity contribution >= 4 is 28.6 Å². The van der Waals surface area contributed by atoms with Crippen molar-refractivity contribution in [2.75, 3.05) is 5.32 Å². The number of aromatic nitrogens is 4. The number of nitrogens with one attached hydrogen (secondary N) is 1. The molecule has 2 saturated heterocycles. The smallest absolute Gasteiger partial charge is 0.410 e. The van der Waals surface area contributed by atoms with Crippen molar-refractivity contribution in [2.24, 2.45) is 0 Å². The van der Waals surface area contributed by atoms with Gasteiger partial charge in [0.1, 0.15) is 35.7 Å². The fourth-order valence-electron chi connectivity index (χ4n) is 4.84. The Hall–Kier alpha value is -4.07. The summed E-state index contributed by atoms with van der Waals surface area (Å²) in [5.74, 6) is 0.00936. The third-order valence-electron chi connectivity index (χ3n) is 6.31. The topological polar surface area (TPSA) is 126 Å². The summed E-state index contributed by atoms with van der Waals surface area (Å²) in [6, 6.07) is 6.12. The van der Waals surface area contributed by atoms with E-state index in [9.17, 15) is 9.18 Å². The van der Waals surface area contributed by atoms with Crippen molar-refractivity contribution in [1.29, 1.82) is 5.26 Å². The van der Waals surface area contributed by atoms with Crippen LogP contribution in [0.2, 0.25) is 0 Å². The summed E-state index contributed by atoms with van der Waals surface area (Å²) in [4.78, 5) is 31.7. The van der Waals surface area contributed by atoms with Gasteiger partial charge in [0.05, 0.1) is 17.3 Å². The van der Waals surface area contributed by atoms with Gasteiger partial charge in [-0.05, 0) is 51.8 Å². The maximum Gasteiger partial charge on any atom is 0.410 e. The van der Waals surface area contributed by atoms with Gasteiger partial charge in [-0.1, -0.05) is 0 Å². The SMILES string of the molecule is CC(C)(C)OC(=O)N1[C@@H]2CC[C@H]1CC(Oc1ncnc3c(Nc4ccc(C#N)cc4F)ncnc13)C2. The predicted molar refractivity (Wildman–Crippen MR) is 128 cm³/mol. The summed E-state index contributed by atoms with van der Waals surface area (Å²) in [6.45, 7) is 5.59. The molecular weight excluding hydrogens is 465 g/mol. The number of halogens is 1. The fourth-order valence-corrected chi connectivity index (χ4v) is 4.84. The lowest BCUT2D eigenvalue weighted by molar-refractivity contribution is -0.00744. The largest absolute Gasteiger partial charge is 0.473 e. The first-order valence-electron chi connectivity index (χ1n) is 11.8. The highest BCUT2D eigenvalue weighted by Crippen LogP contribution is 2.39. The molecule has 2 aromatic heterocycles. The third kappa shape index (κ3) is 4.71. The second-order valence-electron chi connectivity index (χ2n) is 10.0. The Morgan fingerprint density at radius 2 is 1.81 bits per heavy atom. The maximum absolute atomic E-state index is 14.4. The van der Waals surface area contributed by atoms with Gasteiger partial charge in [-0.15, -0.1) is 0 Å². The van der Waals surface area contributed by atoms with E-state index >= 15 is 0 Å². The molecule has 0 radical (unpaired) electrons. The number of piperidine rings is 1. The molecule has 2 fully saturated rings. The molecule has 3 aromatic rings. The molecule has 1 unspecified atom stereocenters. The number of fused-ring (bicyclic) bond motifs is 3. The van der Waals surface area contributed by atoms with E-state index in [1.165, 1.54) is 24.8 Å². The number of ether oxygens (including phenoxy) is 2. The number of nitriles is 1. The second kappa shape index (κ2) is 9.18. The Labute approximate surface area is 207 Å². The summed E-state index contributed by atoms with van der Waals surface area (Å²) in [5, 5.41) is 11.9. The Morgan fingerprint density at radius 3 is 2.47 bits per heavy atom. The van der Waals surface area contributed by atoms with Crippen LogP contribution in [0.15, 0.2) is 30.9 Å². The van der Waals surface area contributed by atoms with Gasteiger partial charge in [-0.3, -0.25) is 0 Å². The van der Waals surface area contributed by atoms with Crippen LogP contribution in [0.1, 0.15) is 52.0 Å². The molecule has 5 rings (SSSR count). The average molecular weight is 492 g/mol. The molecule has 1 aromatic carbocycles. The van der Waals surface area contributed by atoms with Crippen molar-refractivity contribution in [3.05, 3.63) is 42.2 Å². The molecule has 0 spiro atoms. The normalized spacial score (nSPS) is 21.2. The summed E-state index contributed by atoms with van der Waals surface area (Å²) in [6.07, 6.45) is 5.38. The minimum absolute atomic E-state index is 0.0444. The Bertz CT molecular complexity index is 1340. The quantitative estimate of drug-likeness (QED) is 0.562. The molecule has 1 amide bonds. The van der Waals surface area contributed by atoms with Crippen molar-refractivity contribution in [1.82, 2.24) is 24.8 Å². The van der Waals surface area contributed by atoms with Gasteiger partial charge in [0.2, 0.25) is 5.88 Å². The molecule has 2 bridgehead atoms. The van der Waals surface area contributed by atoms with E-state index < -0.39 is 11.4 Å². The molecule has 0 saturated carbocycles. The number of amides is 1. The van der Waals surface area contributed by atoms with Crippen LogP contribution in [0.3, 0.4) is 0 Å². The lowest BCUT2D eigenvalue weighted by Crippen LogP contribution is -2.50. The molecule has 10 nitrogen and oxygen atoms in total. The number of nitrogens with zero attached hydrogens (tertiary/aromatic N) is 6. The highest BCUT2D eigenvalue weighted by Gasteiger charge is 2.45. The first kappa shape index (κ1) is 23.7. The summed E-state index contributed by atoms with van der Waals surface area (Å²) in [7, 11) is 0. The van der Waals surface area contributed by atoms with Crippen molar-refractivity contribution in [2.45, 2.75) is 70.2 Å². The number of carbonyl (C=O) groups is 1. The van der Waals surface area contributed by atoms with Crippen molar-refractivity contribution < 1.29 is 18.7 Å². The van der Waals surface area contributed by atoms with Crippen LogP contribution in [0, 0.1) is 17.1 Å². The first-order chi connectivity index (χ1) is 17.2. The number of hydrogen-bond donors (Lipinski definition) is 1. The molecular formula is C25H26FN7O3. The van der Waals surface area contributed by atoms with E-state index in [0.29, 0.717) is 29.8 Å². The van der Waals surface area contributed by atoms with Crippen LogP contribution < -0.4 is 10.1 Å². The summed E-state index contributed by atoms with van der Waals surface area (Å²) in [5.41, 5.74) is 0.596. The highest BCUT2D eigenvalue weighted by atomic mass is 19.1. The maximum atomic E-state index is 14.4. The minimum Gasteiger partial charge on any atom is -0.473 e. The van der Waals surface area contributed by atoms with Gasteiger partial charge < -0.3 is 19.7 Å². The zero-order valence-corrected chi connectivity index (χ0v) is 20.2. The number of anilines is 2. The molecule has 2 aliphatic rings. The lowest BCUT2D eigenvalue weighted by Gasteiger charge is -2.39. The van der Waals surface area contributed by atoms with E-state index in [0.717, 1.165) is 18.9 Å². The van der Waals surface area contributed by atoms with Crippen LogP contribution in [-0.2, 0) is 4.74 Å². The van der Waals surface area contributed by atoms with Gasteiger partial charge in [0, 0.05) is 24.9 Å². The van der Waals surface area contributed by atoms with Crippen LogP contribution in [0.5, 0.6) is 5.88 Å². The Kier molecular flexibility index (Phi) is 6.04. The van der Waals surface area contributed by atoms with E-state index in [1.807, 2.05) is 31.7 Å². The van der Waals surface area contributed by atoms with E-state index in [2.05, 4.69) is 25.3 Å². The lowest BCUT2D eigenvalue weighted by atomic mass is 10.0. The first-order valence-corrected chi connectivity index (χ1v) is 11.8. The van der Waals surface area contributed by atoms with Gasteiger partial charge in [-0.25, -0.2) is 24.1 Å². The number of carbonyl (C=O) groups excluding carboxylic acids is 1. The van der Waals surface area contributed by atoms with Crippen LogP contribution in [-0.4, -0.2) is 54.7 Å².